The molecule has 2 heterocycles. The van der Waals surface area contributed by atoms with E-state index in [9.17, 15) is 0 Å². The molecule has 0 bridgehead atoms. The largest absolute Gasteiger partial charge is 2.00 e. The van der Waals surface area contributed by atoms with Gasteiger partial charge in [-0.1, -0.05) is 183 Å². The first-order valence-electron chi connectivity index (χ1n) is 23.4. The standard InChI is InChI=1S/C63H61N3O.Pt/c1-40-32-41(2)59(67-12)53(33-40)60-65-58-50(46-34-47(36-49(35-46)62(6,7)8)55-37-45(30-31-64-55)42-26-28-48(29-27-42)61(3,4)5)24-19-25-56(58)66(60)57-39-51(43-20-15-13-16-21-43)54(63(9,10)11)38-52(57)44-22-17-14-18-23-44;/h13-33,35-39H,12H2,1-11H3;/q-2;+2. The van der Waals surface area contributed by atoms with Gasteiger partial charge in [-0.25, -0.2) is 4.98 Å². The monoisotopic (exact) mass is 1070 g/mol. The van der Waals surface area contributed by atoms with E-state index in [1.807, 2.05) is 6.20 Å². The molecule has 0 radical (unpaired) electrons. The van der Waals surface area contributed by atoms with Gasteiger partial charge in [0.1, 0.15) is 5.82 Å². The molecular formula is C63H61N3OPt. The van der Waals surface area contributed by atoms with Crippen LogP contribution in [-0.2, 0) is 37.3 Å². The summed E-state index contributed by atoms with van der Waals surface area (Å²) in [6, 6.07) is 58.7. The third-order valence-electron chi connectivity index (χ3n) is 13.0. The Balaban J connectivity index is 0.00000625. The number of aryl methyl sites for hydroxylation is 2. The minimum atomic E-state index is -0.163. The molecule has 0 fully saturated rings. The molecule has 0 aliphatic rings. The molecule has 0 spiro atoms. The molecule has 0 aliphatic heterocycles. The zero-order chi connectivity index (χ0) is 47.4. The van der Waals surface area contributed by atoms with Crippen molar-refractivity contribution in [1.29, 1.82) is 0 Å². The van der Waals surface area contributed by atoms with E-state index in [0.717, 1.165) is 89.4 Å². The Morgan fingerprint density at radius 3 is 1.78 bits per heavy atom. The average Bonchev–Trinajstić information content (AvgIpc) is 3.70. The molecule has 0 saturated heterocycles. The molecule has 0 atom stereocenters. The first-order chi connectivity index (χ1) is 31.9. The number of aromatic nitrogens is 3. The van der Waals surface area contributed by atoms with Gasteiger partial charge in [-0.2, -0.15) is 7.11 Å². The summed E-state index contributed by atoms with van der Waals surface area (Å²) in [6.45, 7) is 24.6. The van der Waals surface area contributed by atoms with Gasteiger partial charge in [0.05, 0.1) is 28.0 Å². The summed E-state index contributed by atoms with van der Waals surface area (Å²) < 4.78 is 8.37. The van der Waals surface area contributed by atoms with Crippen LogP contribution < -0.4 is 4.74 Å². The van der Waals surface area contributed by atoms with E-state index in [4.69, 9.17) is 14.7 Å². The molecule has 0 amide bonds. The molecule has 68 heavy (non-hydrogen) atoms. The van der Waals surface area contributed by atoms with E-state index in [0.29, 0.717) is 5.75 Å². The molecule has 0 unspecified atom stereocenters. The summed E-state index contributed by atoms with van der Waals surface area (Å²) in [6.07, 6.45) is 1.92. The Hall–Kier alpha value is -6.35. The summed E-state index contributed by atoms with van der Waals surface area (Å²) in [4.78, 5) is 10.7. The Morgan fingerprint density at radius 2 is 1.16 bits per heavy atom. The quantitative estimate of drug-likeness (QED) is 0.142. The number of ether oxygens (including phenoxy) is 1. The number of nitrogens with zero attached hydrogens (tertiary/aromatic N) is 3. The van der Waals surface area contributed by atoms with Crippen molar-refractivity contribution in [3.8, 4) is 78.6 Å². The number of hydrogen-bond acceptors (Lipinski definition) is 3. The molecule has 0 aliphatic carbocycles. The number of benzene rings is 7. The van der Waals surface area contributed by atoms with Gasteiger partial charge in [-0.05, 0) is 110 Å². The van der Waals surface area contributed by atoms with Crippen LogP contribution >= 0.6 is 0 Å². The van der Waals surface area contributed by atoms with E-state index in [2.05, 4.69) is 246 Å². The second kappa shape index (κ2) is 18.6. The molecule has 0 N–H and O–H groups in total. The normalized spacial score (nSPS) is 12.0. The zero-order valence-electron chi connectivity index (χ0n) is 41.3. The number of imidazole rings is 1. The van der Waals surface area contributed by atoms with Crippen LogP contribution in [-0.4, -0.2) is 14.5 Å². The third-order valence-corrected chi connectivity index (χ3v) is 13.0. The topological polar surface area (TPSA) is 39.9 Å². The Morgan fingerprint density at radius 1 is 0.529 bits per heavy atom. The van der Waals surface area contributed by atoms with E-state index < -0.39 is 0 Å². The number of pyridine rings is 1. The molecule has 9 rings (SSSR count). The van der Waals surface area contributed by atoms with Crippen LogP contribution in [0.25, 0.3) is 83.9 Å². The van der Waals surface area contributed by atoms with E-state index in [1.54, 1.807) is 0 Å². The van der Waals surface area contributed by atoms with Crippen LogP contribution in [0.15, 0.2) is 158 Å². The second-order valence-electron chi connectivity index (χ2n) is 21.1. The number of fused-ring (bicyclic) bond motifs is 1. The van der Waals surface area contributed by atoms with Gasteiger partial charge in [-0.3, -0.25) is 9.55 Å². The molecule has 5 heteroatoms. The fourth-order valence-electron chi connectivity index (χ4n) is 9.36. The third kappa shape index (κ3) is 9.41. The van der Waals surface area contributed by atoms with Crippen molar-refractivity contribution in [2.45, 2.75) is 92.4 Å². The summed E-state index contributed by atoms with van der Waals surface area (Å²) in [5.74, 6) is 1.47. The van der Waals surface area contributed by atoms with Crippen LogP contribution in [0.1, 0.15) is 90.1 Å². The van der Waals surface area contributed by atoms with Crippen LogP contribution in [0.5, 0.6) is 5.75 Å². The van der Waals surface area contributed by atoms with Crippen LogP contribution in [0, 0.1) is 27.0 Å². The summed E-state index contributed by atoms with van der Waals surface area (Å²) >= 11 is 0. The van der Waals surface area contributed by atoms with E-state index >= 15 is 0 Å². The first-order valence-corrected chi connectivity index (χ1v) is 23.4. The molecule has 344 valence electrons. The number of rotatable bonds is 8. The predicted octanol–water partition coefficient (Wildman–Crippen LogP) is 16.9. The van der Waals surface area contributed by atoms with Crippen molar-refractivity contribution in [3.05, 3.63) is 199 Å². The van der Waals surface area contributed by atoms with Crippen LogP contribution in [0.3, 0.4) is 0 Å². The van der Waals surface area contributed by atoms with Gasteiger partial charge in [0.25, 0.3) is 0 Å². The fraction of sp³-hybridized carbons (Fsp3) is 0.222. The Kier molecular flexibility index (Phi) is 13.2. The predicted molar refractivity (Wildman–Crippen MR) is 282 cm³/mol. The summed E-state index contributed by atoms with van der Waals surface area (Å²) in [5.41, 5.74) is 19.9. The average molecular weight is 1070 g/mol. The van der Waals surface area contributed by atoms with Crippen LogP contribution in [0.2, 0.25) is 0 Å². The second-order valence-corrected chi connectivity index (χ2v) is 21.1. The molecular weight excluding hydrogens is 1010 g/mol. The fourth-order valence-corrected chi connectivity index (χ4v) is 9.36. The Bertz CT molecular complexity index is 3270. The van der Waals surface area contributed by atoms with Crippen molar-refractivity contribution in [3.63, 3.8) is 0 Å². The van der Waals surface area contributed by atoms with E-state index in [1.165, 1.54) is 22.3 Å². The maximum Gasteiger partial charge on any atom is 2.00 e. The van der Waals surface area contributed by atoms with Gasteiger partial charge in [0.2, 0.25) is 0 Å². The summed E-state index contributed by atoms with van der Waals surface area (Å²) in [5, 5.41) is 0. The van der Waals surface area contributed by atoms with Crippen LogP contribution in [0.4, 0.5) is 0 Å². The van der Waals surface area contributed by atoms with Gasteiger partial charge in [-0.15, -0.1) is 29.3 Å². The first kappa shape index (κ1) is 48.1. The number of para-hydroxylation sites is 1. The van der Waals surface area contributed by atoms with Gasteiger partial charge < -0.3 is 4.74 Å². The molecule has 4 nitrogen and oxygen atoms in total. The maximum atomic E-state index is 6.02. The molecule has 0 saturated carbocycles. The van der Waals surface area contributed by atoms with Crippen molar-refractivity contribution in [1.82, 2.24) is 14.5 Å². The minimum absolute atomic E-state index is 0. The van der Waals surface area contributed by atoms with E-state index in [-0.39, 0.29) is 37.3 Å². The van der Waals surface area contributed by atoms with Gasteiger partial charge >= 0.3 is 21.1 Å². The zero-order valence-corrected chi connectivity index (χ0v) is 43.6. The smallest absolute Gasteiger partial charge is 0.665 e. The summed E-state index contributed by atoms with van der Waals surface area (Å²) in [7, 11) is 3.97. The van der Waals surface area contributed by atoms with Crippen molar-refractivity contribution in [2.24, 2.45) is 0 Å². The molecule has 9 aromatic rings. The van der Waals surface area contributed by atoms with Gasteiger partial charge in [0, 0.05) is 17.5 Å². The Labute approximate surface area is 418 Å². The molecule has 2 aromatic heterocycles. The van der Waals surface area contributed by atoms with Crippen molar-refractivity contribution in [2.75, 3.05) is 0 Å². The van der Waals surface area contributed by atoms with Gasteiger partial charge in [0.15, 0.2) is 0 Å². The maximum absolute atomic E-state index is 6.02. The SMILES string of the molecule is [CH2-]Oc1c(C)cc(C)cc1-c1nc2c(-c3[c-]c(-c4cc(-c5ccc(C(C)(C)C)cc5)ccn4)cc(C(C)(C)C)c3)cccc2n1-c1cc(-c2ccccc2)c(C(C)(C)C)cc1-c1ccccc1.[Pt+2]. The van der Waals surface area contributed by atoms with Crippen molar-refractivity contribution >= 4 is 11.0 Å². The number of hydrogen-bond donors (Lipinski definition) is 0. The van der Waals surface area contributed by atoms with Crippen molar-refractivity contribution < 1.29 is 25.8 Å². The molecule has 7 aromatic carbocycles. The minimum Gasteiger partial charge on any atom is -0.665 e.